The lowest BCUT2D eigenvalue weighted by Crippen LogP contribution is -2.12. The lowest BCUT2D eigenvalue weighted by Gasteiger charge is -2.07. The van der Waals surface area contributed by atoms with E-state index in [9.17, 15) is 9.18 Å². The Morgan fingerprint density at radius 3 is 2.81 bits per heavy atom. The molecule has 0 aliphatic carbocycles. The van der Waals surface area contributed by atoms with E-state index in [1.54, 1.807) is 42.5 Å². The van der Waals surface area contributed by atoms with Gasteiger partial charge in [0, 0.05) is 11.4 Å². The molecule has 2 aromatic carbocycles. The molecule has 0 aliphatic heterocycles. The number of rotatable bonds is 8. The third-order valence-corrected chi connectivity index (χ3v) is 3.88. The van der Waals surface area contributed by atoms with Crippen molar-refractivity contribution >= 4 is 17.6 Å². The quantitative estimate of drug-likeness (QED) is 0.413. The Hall–Kier alpha value is -2.86. The van der Waals surface area contributed by atoms with Gasteiger partial charge in [-0.3, -0.25) is 4.79 Å². The summed E-state index contributed by atoms with van der Waals surface area (Å²) in [6.45, 7) is 0.347. The van der Waals surface area contributed by atoms with Crippen LogP contribution in [0.25, 0.3) is 11.3 Å². The molecule has 1 aromatic heterocycles. The minimum absolute atomic E-state index is 0.106. The molecule has 0 saturated carbocycles. The molecule has 0 N–H and O–H groups in total. The standard InChI is InChI=1S/C20H17ClFNO4/c21-14-4-3-5-15(12-14)25-10-11-26-20(24)9-8-19-23-13-18(27-19)16-6-1-2-7-17(16)22/h1-7,12-13H,8-11H2. The Labute approximate surface area is 160 Å². The minimum Gasteiger partial charge on any atom is -0.490 e. The molecule has 0 atom stereocenters. The number of halogens is 2. The number of carbonyl (C=O) groups excluding carboxylic acids is 1. The largest absolute Gasteiger partial charge is 0.490 e. The highest BCUT2D eigenvalue weighted by Crippen LogP contribution is 2.23. The first-order chi connectivity index (χ1) is 13.1. The maximum Gasteiger partial charge on any atom is 0.306 e. The van der Waals surface area contributed by atoms with Crippen molar-refractivity contribution in [3.05, 3.63) is 71.5 Å². The predicted molar refractivity (Wildman–Crippen MR) is 98.1 cm³/mol. The van der Waals surface area contributed by atoms with Crippen LogP contribution in [0.5, 0.6) is 5.75 Å². The van der Waals surface area contributed by atoms with Gasteiger partial charge >= 0.3 is 5.97 Å². The first-order valence-corrected chi connectivity index (χ1v) is 8.73. The Kier molecular flexibility index (Phi) is 6.44. The van der Waals surface area contributed by atoms with Gasteiger partial charge in [-0.2, -0.15) is 0 Å². The van der Waals surface area contributed by atoms with E-state index in [4.69, 9.17) is 25.5 Å². The molecule has 0 fully saturated rings. The van der Waals surface area contributed by atoms with Crippen LogP contribution in [-0.4, -0.2) is 24.2 Å². The molecule has 3 rings (SSSR count). The van der Waals surface area contributed by atoms with Crippen LogP contribution in [0.15, 0.2) is 59.1 Å². The lowest BCUT2D eigenvalue weighted by molar-refractivity contribution is -0.144. The maximum atomic E-state index is 13.7. The van der Waals surface area contributed by atoms with Gasteiger partial charge in [-0.25, -0.2) is 9.37 Å². The van der Waals surface area contributed by atoms with Crippen molar-refractivity contribution in [2.24, 2.45) is 0 Å². The zero-order valence-electron chi connectivity index (χ0n) is 14.4. The molecule has 0 radical (unpaired) electrons. The highest BCUT2D eigenvalue weighted by molar-refractivity contribution is 6.30. The van der Waals surface area contributed by atoms with Crippen molar-refractivity contribution < 1.29 is 23.1 Å². The van der Waals surface area contributed by atoms with E-state index < -0.39 is 5.97 Å². The van der Waals surface area contributed by atoms with Gasteiger partial charge in [0.1, 0.15) is 24.8 Å². The van der Waals surface area contributed by atoms with E-state index in [0.717, 1.165) is 0 Å². The third kappa shape index (κ3) is 5.56. The smallest absolute Gasteiger partial charge is 0.306 e. The summed E-state index contributed by atoms with van der Waals surface area (Å²) >= 11 is 5.86. The van der Waals surface area contributed by atoms with E-state index in [2.05, 4.69) is 4.98 Å². The Balaban J connectivity index is 1.40. The van der Waals surface area contributed by atoms with Gasteiger partial charge < -0.3 is 13.9 Å². The third-order valence-electron chi connectivity index (χ3n) is 3.65. The van der Waals surface area contributed by atoms with Crippen LogP contribution in [0, 0.1) is 5.82 Å². The summed E-state index contributed by atoms with van der Waals surface area (Å²) in [7, 11) is 0. The van der Waals surface area contributed by atoms with Crippen LogP contribution in [0.2, 0.25) is 5.02 Å². The highest BCUT2D eigenvalue weighted by atomic mass is 35.5. The number of aryl methyl sites for hydroxylation is 1. The maximum absolute atomic E-state index is 13.7. The van der Waals surface area contributed by atoms with Crippen LogP contribution < -0.4 is 4.74 Å². The van der Waals surface area contributed by atoms with Crippen LogP contribution in [0.1, 0.15) is 12.3 Å². The molecule has 0 spiro atoms. The number of ether oxygens (including phenoxy) is 2. The molecule has 3 aromatic rings. The molecule has 7 heteroatoms. The molecule has 5 nitrogen and oxygen atoms in total. The van der Waals surface area contributed by atoms with E-state index in [1.165, 1.54) is 12.3 Å². The molecule has 0 unspecified atom stereocenters. The van der Waals surface area contributed by atoms with Gasteiger partial charge in [0.25, 0.3) is 0 Å². The number of carbonyl (C=O) groups is 1. The van der Waals surface area contributed by atoms with Crippen LogP contribution in [0.3, 0.4) is 0 Å². The molecule has 0 saturated heterocycles. The zero-order chi connectivity index (χ0) is 19.1. The second kappa shape index (κ2) is 9.19. The molecule has 0 amide bonds. The van der Waals surface area contributed by atoms with Gasteiger partial charge in [-0.15, -0.1) is 0 Å². The predicted octanol–water partition coefficient (Wildman–Crippen LogP) is 4.69. The summed E-state index contributed by atoms with van der Waals surface area (Å²) in [5, 5.41) is 0.574. The van der Waals surface area contributed by atoms with Gasteiger partial charge in [-0.05, 0) is 30.3 Å². The lowest BCUT2D eigenvalue weighted by atomic mass is 10.2. The fourth-order valence-electron chi connectivity index (χ4n) is 2.36. The SMILES string of the molecule is O=C(CCc1ncc(-c2ccccc2F)o1)OCCOc1cccc(Cl)c1. The zero-order valence-corrected chi connectivity index (χ0v) is 15.1. The second-order valence-electron chi connectivity index (χ2n) is 5.62. The number of nitrogens with zero attached hydrogens (tertiary/aromatic N) is 1. The summed E-state index contributed by atoms with van der Waals surface area (Å²) < 4.78 is 29.8. The molecule has 0 aliphatic rings. The number of benzene rings is 2. The summed E-state index contributed by atoms with van der Waals surface area (Å²) in [5.74, 6) is 0.500. The molecule has 27 heavy (non-hydrogen) atoms. The Morgan fingerprint density at radius 2 is 2.00 bits per heavy atom. The van der Waals surface area contributed by atoms with Crippen molar-refractivity contribution in [1.82, 2.24) is 4.98 Å². The first kappa shape index (κ1) is 18.9. The van der Waals surface area contributed by atoms with E-state index in [1.807, 2.05) is 0 Å². The van der Waals surface area contributed by atoms with Crippen molar-refractivity contribution in [3.63, 3.8) is 0 Å². The van der Waals surface area contributed by atoms with Crippen LogP contribution in [0.4, 0.5) is 4.39 Å². The number of esters is 1. The summed E-state index contributed by atoms with van der Waals surface area (Å²) in [6.07, 6.45) is 1.81. The van der Waals surface area contributed by atoms with Gasteiger partial charge in [0.05, 0.1) is 18.2 Å². The van der Waals surface area contributed by atoms with Gasteiger partial charge in [-0.1, -0.05) is 29.8 Å². The summed E-state index contributed by atoms with van der Waals surface area (Å²) in [5.41, 5.74) is 0.331. The van der Waals surface area contributed by atoms with E-state index >= 15 is 0 Å². The van der Waals surface area contributed by atoms with Crippen molar-refractivity contribution in [1.29, 1.82) is 0 Å². The van der Waals surface area contributed by atoms with Gasteiger partial charge in [0.2, 0.25) is 0 Å². The molecular weight excluding hydrogens is 373 g/mol. The molecular formula is C20H17ClFNO4. The average molecular weight is 390 g/mol. The number of hydrogen-bond donors (Lipinski definition) is 0. The fourth-order valence-corrected chi connectivity index (χ4v) is 2.54. The van der Waals surface area contributed by atoms with Crippen LogP contribution in [-0.2, 0) is 16.0 Å². The van der Waals surface area contributed by atoms with E-state index in [-0.39, 0.29) is 31.9 Å². The van der Waals surface area contributed by atoms with Crippen LogP contribution >= 0.6 is 11.6 Å². The number of hydrogen-bond acceptors (Lipinski definition) is 5. The Morgan fingerprint density at radius 1 is 1.15 bits per heavy atom. The Bertz CT molecular complexity index is 912. The van der Waals surface area contributed by atoms with E-state index in [0.29, 0.717) is 28.0 Å². The van der Waals surface area contributed by atoms with Crippen molar-refractivity contribution in [2.45, 2.75) is 12.8 Å². The minimum atomic E-state index is -0.393. The highest BCUT2D eigenvalue weighted by Gasteiger charge is 2.12. The number of aromatic nitrogens is 1. The van der Waals surface area contributed by atoms with Crippen molar-refractivity contribution in [3.8, 4) is 17.1 Å². The fraction of sp³-hybridized carbons (Fsp3) is 0.200. The van der Waals surface area contributed by atoms with Gasteiger partial charge in [0.15, 0.2) is 11.7 Å². The summed E-state index contributed by atoms with van der Waals surface area (Å²) in [6, 6.07) is 13.2. The topological polar surface area (TPSA) is 61.6 Å². The monoisotopic (exact) mass is 389 g/mol. The first-order valence-electron chi connectivity index (χ1n) is 8.35. The molecule has 140 valence electrons. The second-order valence-corrected chi connectivity index (χ2v) is 6.06. The number of oxazole rings is 1. The molecule has 1 heterocycles. The van der Waals surface area contributed by atoms with Crippen molar-refractivity contribution in [2.75, 3.05) is 13.2 Å². The average Bonchev–Trinajstić information content (AvgIpc) is 3.13. The normalized spacial score (nSPS) is 10.6. The summed E-state index contributed by atoms with van der Waals surface area (Å²) in [4.78, 5) is 15.9. The molecule has 0 bridgehead atoms.